The van der Waals surface area contributed by atoms with E-state index >= 15 is 0 Å². The molecule has 1 unspecified atom stereocenters. The number of rotatable bonds is 3. The van der Waals surface area contributed by atoms with Gasteiger partial charge in [-0.05, 0) is 42.4 Å². The number of nitrogens with one attached hydrogen (secondary N) is 1. The summed E-state index contributed by atoms with van der Waals surface area (Å²) in [4.78, 5) is 0. The molecule has 0 saturated heterocycles. The summed E-state index contributed by atoms with van der Waals surface area (Å²) in [5, 5.41) is 3.17. The maximum absolute atomic E-state index is 13.2. The molecule has 17 heavy (non-hydrogen) atoms. The summed E-state index contributed by atoms with van der Waals surface area (Å²) < 4.78 is 13.2. The molecular weight excluding hydrogens is 215 g/mol. The lowest BCUT2D eigenvalue weighted by atomic mass is 9.98. The van der Waals surface area contributed by atoms with E-state index in [1.807, 2.05) is 37.4 Å². The Morgan fingerprint density at radius 1 is 1.06 bits per heavy atom. The van der Waals surface area contributed by atoms with Crippen molar-refractivity contribution in [3.8, 4) is 0 Å². The van der Waals surface area contributed by atoms with Crippen LogP contribution in [-0.2, 0) is 0 Å². The quantitative estimate of drug-likeness (QED) is 0.796. The molecule has 0 amide bonds. The van der Waals surface area contributed by atoms with Crippen molar-refractivity contribution in [1.29, 1.82) is 0 Å². The van der Waals surface area contributed by atoms with Crippen LogP contribution in [0.3, 0.4) is 0 Å². The third-order valence-corrected chi connectivity index (χ3v) is 2.74. The van der Waals surface area contributed by atoms with Gasteiger partial charge in [-0.25, -0.2) is 4.39 Å². The van der Waals surface area contributed by atoms with Gasteiger partial charge in [0.1, 0.15) is 5.82 Å². The molecule has 0 bridgehead atoms. The van der Waals surface area contributed by atoms with Gasteiger partial charge in [-0.15, -0.1) is 0 Å². The SMILES string of the molecule is CNC(c1ccc(N)cc1)c1cccc(F)c1. The van der Waals surface area contributed by atoms with Crippen LogP contribution in [0.4, 0.5) is 10.1 Å². The van der Waals surface area contributed by atoms with Gasteiger partial charge in [0.2, 0.25) is 0 Å². The van der Waals surface area contributed by atoms with E-state index in [-0.39, 0.29) is 11.9 Å². The zero-order valence-electron chi connectivity index (χ0n) is 9.65. The molecule has 0 spiro atoms. The monoisotopic (exact) mass is 230 g/mol. The number of anilines is 1. The summed E-state index contributed by atoms with van der Waals surface area (Å²) in [6.45, 7) is 0. The maximum Gasteiger partial charge on any atom is 0.123 e. The van der Waals surface area contributed by atoms with Crippen molar-refractivity contribution in [2.45, 2.75) is 6.04 Å². The lowest BCUT2D eigenvalue weighted by molar-refractivity contribution is 0.617. The molecule has 0 aromatic heterocycles. The highest BCUT2D eigenvalue weighted by Gasteiger charge is 2.11. The minimum Gasteiger partial charge on any atom is -0.399 e. The number of nitrogens with two attached hydrogens (primary N) is 1. The van der Waals surface area contributed by atoms with Gasteiger partial charge in [-0.2, -0.15) is 0 Å². The summed E-state index contributed by atoms with van der Waals surface area (Å²) in [6, 6.07) is 14.2. The molecule has 0 saturated carbocycles. The Morgan fingerprint density at radius 2 is 1.76 bits per heavy atom. The molecule has 1 atom stereocenters. The Balaban J connectivity index is 2.36. The molecule has 2 rings (SSSR count). The number of halogens is 1. The first-order valence-electron chi connectivity index (χ1n) is 5.49. The molecule has 3 N–H and O–H groups in total. The minimum atomic E-state index is -0.224. The van der Waals surface area contributed by atoms with E-state index in [1.54, 1.807) is 6.07 Å². The predicted molar refractivity (Wildman–Crippen MR) is 68.2 cm³/mol. The molecule has 0 aliphatic rings. The highest BCUT2D eigenvalue weighted by Crippen LogP contribution is 2.22. The predicted octanol–water partition coefficient (Wildman–Crippen LogP) is 2.72. The molecule has 3 heteroatoms. The van der Waals surface area contributed by atoms with Crippen molar-refractivity contribution in [3.63, 3.8) is 0 Å². The van der Waals surface area contributed by atoms with Crippen LogP contribution in [0, 0.1) is 5.82 Å². The van der Waals surface area contributed by atoms with Gasteiger partial charge in [-0.3, -0.25) is 0 Å². The van der Waals surface area contributed by atoms with Gasteiger partial charge >= 0.3 is 0 Å². The molecular formula is C14H15FN2. The fraction of sp³-hybridized carbons (Fsp3) is 0.143. The van der Waals surface area contributed by atoms with Crippen LogP contribution in [0.1, 0.15) is 17.2 Å². The summed E-state index contributed by atoms with van der Waals surface area (Å²) in [6.07, 6.45) is 0. The standard InChI is InChI=1S/C14H15FN2/c1-17-14(10-5-7-13(16)8-6-10)11-3-2-4-12(15)9-11/h2-9,14,17H,16H2,1H3. The van der Waals surface area contributed by atoms with E-state index in [0.717, 1.165) is 16.8 Å². The van der Waals surface area contributed by atoms with Crippen molar-refractivity contribution in [3.05, 3.63) is 65.5 Å². The molecule has 2 aromatic carbocycles. The van der Waals surface area contributed by atoms with Crippen LogP contribution in [-0.4, -0.2) is 7.05 Å². The average Bonchev–Trinajstić information content (AvgIpc) is 2.33. The maximum atomic E-state index is 13.2. The highest BCUT2D eigenvalue weighted by atomic mass is 19.1. The smallest absolute Gasteiger partial charge is 0.123 e. The Labute approximate surface area is 100 Å². The van der Waals surface area contributed by atoms with E-state index in [2.05, 4.69) is 5.32 Å². The highest BCUT2D eigenvalue weighted by molar-refractivity contribution is 5.42. The molecule has 2 nitrogen and oxygen atoms in total. The molecule has 0 fully saturated rings. The summed E-state index contributed by atoms with van der Waals surface area (Å²) in [5.41, 5.74) is 8.34. The van der Waals surface area contributed by atoms with Crippen molar-refractivity contribution in [2.75, 3.05) is 12.8 Å². The summed E-state index contributed by atoms with van der Waals surface area (Å²) >= 11 is 0. The van der Waals surface area contributed by atoms with E-state index in [4.69, 9.17) is 5.73 Å². The third-order valence-electron chi connectivity index (χ3n) is 2.74. The molecule has 0 radical (unpaired) electrons. The fourth-order valence-electron chi connectivity index (χ4n) is 1.90. The van der Waals surface area contributed by atoms with Gasteiger partial charge in [0.25, 0.3) is 0 Å². The fourth-order valence-corrected chi connectivity index (χ4v) is 1.90. The first kappa shape index (κ1) is 11.6. The van der Waals surface area contributed by atoms with Crippen molar-refractivity contribution in [1.82, 2.24) is 5.32 Å². The van der Waals surface area contributed by atoms with Crippen LogP contribution in [0.25, 0.3) is 0 Å². The van der Waals surface area contributed by atoms with Crippen molar-refractivity contribution < 1.29 is 4.39 Å². The van der Waals surface area contributed by atoms with Crippen LogP contribution in [0.15, 0.2) is 48.5 Å². The van der Waals surface area contributed by atoms with Crippen LogP contribution in [0.2, 0.25) is 0 Å². The van der Waals surface area contributed by atoms with Crippen LogP contribution in [0.5, 0.6) is 0 Å². The van der Waals surface area contributed by atoms with Gasteiger partial charge in [0, 0.05) is 5.69 Å². The van der Waals surface area contributed by atoms with Crippen molar-refractivity contribution >= 4 is 5.69 Å². The first-order chi connectivity index (χ1) is 8.20. The lowest BCUT2D eigenvalue weighted by Gasteiger charge is -2.17. The van der Waals surface area contributed by atoms with Crippen LogP contribution >= 0.6 is 0 Å². The third kappa shape index (κ3) is 2.63. The van der Waals surface area contributed by atoms with Gasteiger partial charge < -0.3 is 11.1 Å². The molecule has 0 heterocycles. The second-order valence-corrected chi connectivity index (χ2v) is 3.94. The summed E-state index contributed by atoms with van der Waals surface area (Å²) in [7, 11) is 1.85. The molecule has 2 aromatic rings. The van der Waals surface area contributed by atoms with E-state index < -0.39 is 0 Å². The largest absolute Gasteiger partial charge is 0.399 e. The molecule has 0 aliphatic carbocycles. The topological polar surface area (TPSA) is 38.0 Å². The lowest BCUT2D eigenvalue weighted by Crippen LogP contribution is -2.17. The second-order valence-electron chi connectivity index (χ2n) is 3.94. The zero-order chi connectivity index (χ0) is 12.3. The van der Waals surface area contributed by atoms with E-state index in [9.17, 15) is 4.39 Å². The van der Waals surface area contributed by atoms with Crippen molar-refractivity contribution in [2.24, 2.45) is 0 Å². The van der Waals surface area contributed by atoms with Crippen LogP contribution < -0.4 is 11.1 Å². The number of benzene rings is 2. The second kappa shape index (κ2) is 4.97. The van der Waals surface area contributed by atoms with Gasteiger partial charge in [0.05, 0.1) is 6.04 Å². The Morgan fingerprint density at radius 3 is 2.35 bits per heavy atom. The number of nitrogen functional groups attached to an aromatic ring is 1. The Kier molecular flexibility index (Phi) is 3.40. The number of hydrogen-bond acceptors (Lipinski definition) is 2. The van der Waals surface area contributed by atoms with E-state index in [1.165, 1.54) is 12.1 Å². The van der Waals surface area contributed by atoms with E-state index in [0.29, 0.717) is 0 Å². The Bertz CT molecular complexity index is 494. The minimum absolute atomic E-state index is 0.0219. The average molecular weight is 230 g/mol. The zero-order valence-corrected chi connectivity index (χ0v) is 9.65. The first-order valence-corrected chi connectivity index (χ1v) is 5.49. The Hall–Kier alpha value is -1.87. The summed E-state index contributed by atoms with van der Waals surface area (Å²) in [5.74, 6) is -0.224. The molecule has 0 aliphatic heterocycles. The molecule has 88 valence electrons. The van der Waals surface area contributed by atoms with Gasteiger partial charge in [-0.1, -0.05) is 24.3 Å². The number of hydrogen-bond donors (Lipinski definition) is 2. The normalized spacial score (nSPS) is 12.4. The van der Waals surface area contributed by atoms with Gasteiger partial charge in [0.15, 0.2) is 0 Å².